The van der Waals surface area contributed by atoms with Crippen LogP contribution in [0.25, 0.3) is 0 Å². The van der Waals surface area contributed by atoms with Gasteiger partial charge in [-0.05, 0) is 58.1 Å². The SMILES string of the molecule is C1CC2=C(C1)SC1=C(CCC1)S2. The van der Waals surface area contributed by atoms with Gasteiger partial charge in [0.15, 0.2) is 0 Å². The van der Waals surface area contributed by atoms with Crippen LogP contribution in [-0.2, 0) is 0 Å². The molecule has 0 amide bonds. The molecule has 1 heterocycles. The van der Waals surface area contributed by atoms with Crippen LogP contribution in [0.3, 0.4) is 0 Å². The lowest BCUT2D eigenvalue weighted by atomic mass is 10.4. The summed E-state index contributed by atoms with van der Waals surface area (Å²) in [6.07, 6.45) is 8.28. The fourth-order valence-corrected chi connectivity index (χ4v) is 5.05. The van der Waals surface area contributed by atoms with Gasteiger partial charge in [0, 0.05) is 0 Å². The lowest BCUT2D eigenvalue weighted by molar-refractivity contribution is 0.913. The van der Waals surface area contributed by atoms with Crippen molar-refractivity contribution in [1.82, 2.24) is 0 Å². The molecule has 0 spiro atoms. The molecular formula is C10H12S2. The van der Waals surface area contributed by atoms with Crippen LogP contribution < -0.4 is 0 Å². The number of hydrogen-bond acceptors (Lipinski definition) is 2. The van der Waals surface area contributed by atoms with Crippen molar-refractivity contribution in [2.75, 3.05) is 0 Å². The van der Waals surface area contributed by atoms with Gasteiger partial charge in [-0.1, -0.05) is 23.5 Å². The van der Waals surface area contributed by atoms with E-state index in [-0.39, 0.29) is 0 Å². The maximum atomic E-state index is 2.11. The topological polar surface area (TPSA) is 0 Å². The summed E-state index contributed by atoms with van der Waals surface area (Å²) in [5.41, 5.74) is 0. The van der Waals surface area contributed by atoms with Gasteiger partial charge in [0.25, 0.3) is 0 Å². The molecule has 0 nitrogen and oxygen atoms in total. The second kappa shape index (κ2) is 2.85. The molecule has 0 N–H and O–H groups in total. The van der Waals surface area contributed by atoms with E-state index in [1.807, 2.05) is 0 Å². The summed E-state index contributed by atoms with van der Waals surface area (Å²) in [4.78, 5) is 6.84. The number of rotatable bonds is 0. The molecule has 3 rings (SSSR count). The highest BCUT2D eigenvalue weighted by atomic mass is 32.2. The summed E-state index contributed by atoms with van der Waals surface area (Å²) < 4.78 is 0. The molecule has 0 saturated heterocycles. The van der Waals surface area contributed by atoms with Gasteiger partial charge in [0.05, 0.1) is 0 Å². The summed E-state index contributed by atoms with van der Waals surface area (Å²) in [7, 11) is 0. The van der Waals surface area contributed by atoms with E-state index in [0.717, 1.165) is 0 Å². The van der Waals surface area contributed by atoms with Crippen molar-refractivity contribution in [2.45, 2.75) is 38.5 Å². The predicted molar refractivity (Wildman–Crippen MR) is 56.9 cm³/mol. The Morgan fingerprint density at radius 3 is 1.25 bits per heavy atom. The minimum absolute atomic E-state index is 1.36. The van der Waals surface area contributed by atoms with Gasteiger partial charge >= 0.3 is 0 Å². The minimum Gasteiger partial charge on any atom is -0.0973 e. The molecule has 0 aromatic rings. The average molecular weight is 196 g/mol. The molecule has 3 aliphatic rings. The predicted octanol–water partition coefficient (Wildman–Crippen LogP) is 4.26. The Morgan fingerprint density at radius 2 is 0.917 bits per heavy atom. The van der Waals surface area contributed by atoms with E-state index in [1.54, 1.807) is 19.6 Å². The molecule has 0 unspecified atom stereocenters. The zero-order valence-corrected chi connectivity index (χ0v) is 8.69. The second-order valence-electron chi connectivity index (χ2n) is 3.60. The van der Waals surface area contributed by atoms with Crippen LogP contribution in [0.5, 0.6) is 0 Å². The summed E-state index contributed by atoms with van der Waals surface area (Å²) in [5.74, 6) is 0. The lowest BCUT2D eigenvalue weighted by Crippen LogP contribution is -1.85. The third kappa shape index (κ3) is 1.08. The fraction of sp³-hybridized carbons (Fsp3) is 0.600. The Hall–Kier alpha value is 0.180. The molecule has 0 fully saturated rings. The van der Waals surface area contributed by atoms with E-state index >= 15 is 0 Å². The quantitative estimate of drug-likeness (QED) is 0.568. The zero-order valence-electron chi connectivity index (χ0n) is 7.06. The van der Waals surface area contributed by atoms with Gasteiger partial charge in [-0.25, -0.2) is 0 Å². The maximum Gasteiger partial charge on any atom is -0.000670 e. The highest BCUT2D eigenvalue weighted by molar-refractivity contribution is 8.13. The molecule has 64 valence electrons. The zero-order chi connectivity index (χ0) is 7.97. The molecule has 0 aromatic carbocycles. The molecule has 0 aromatic heterocycles. The lowest BCUT2D eigenvalue weighted by Gasteiger charge is -2.15. The highest BCUT2D eigenvalue weighted by Gasteiger charge is 2.27. The molecule has 2 heteroatoms. The first-order chi connectivity index (χ1) is 5.93. The largest absolute Gasteiger partial charge is 0.0973 e. The van der Waals surface area contributed by atoms with Crippen LogP contribution in [0.4, 0.5) is 0 Å². The van der Waals surface area contributed by atoms with Crippen LogP contribution in [0.15, 0.2) is 19.6 Å². The molecule has 2 aliphatic carbocycles. The van der Waals surface area contributed by atoms with Crippen molar-refractivity contribution in [3.8, 4) is 0 Å². The Labute approximate surface area is 81.9 Å². The van der Waals surface area contributed by atoms with Crippen LogP contribution in [-0.4, -0.2) is 0 Å². The summed E-state index contributed by atoms with van der Waals surface area (Å²) in [6, 6.07) is 0. The van der Waals surface area contributed by atoms with E-state index in [4.69, 9.17) is 0 Å². The van der Waals surface area contributed by atoms with E-state index in [2.05, 4.69) is 23.5 Å². The summed E-state index contributed by atoms with van der Waals surface area (Å²) in [5, 5.41) is 0. The van der Waals surface area contributed by atoms with Gasteiger partial charge in [-0.15, -0.1) is 0 Å². The van der Waals surface area contributed by atoms with Gasteiger partial charge in [-0.3, -0.25) is 0 Å². The normalized spacial score (nSPS) is 28.0. The first-order valence-corrected chi connectivity index (χ1v) is 6.36. The van der Waals surface area contributed by atoms with Crippen molar-refractivity contribution in [1.29, 1.82) is 0 Å². The third-order valence-corrected chi connectivity index (χ3v) is 5.78. The van der Waals surface area contributed by atoms with Gasteiger partial charge in [-0.2, -0.15) is 0 Å². The monoisotopic (exact) mass is 196 g/mol. The Morgan fingerprint density at radius 1 is 0.583 bits per heavy atom. The third-order valence-electron chi connectivity index (χ3n) is 2.73. The highest BCUT2D eigenvalue weighted by Crippen LogP contribution is 2.56. The Kier molecular flexibility index (Phi) is 1.80. The van der Waals surface area contributed by atoms with Gasteiger partial charge in [0.2, 0.25) is 0 Å². The molecular weight excluding hydrogens is 184 g/mol. The van der Waals surface area contributed by atoms with Crippen LogP contribution >= 0.6 is 23.5 Å². The molecule has 0 bridgehead atoms. The Balaban J connectivity index is 1.90. The molecule has 0 radical (unpaired) electrons. The molecule has 0 atom stereocenters. The van der Waals surface area contributed by atoms with Crippen LogP contribution in [0.1, 0.15) is 38.5 Å². The van der Waals surface area contributed by atoms with Gasteiger partial charge < -0.3 is 0 Å². The van der Waals surface area contributed by atoms with Crippen molar-refractivity contribution in [2.24, 2.45) is 0 Å². The fourth-order valence-electron chi connectivity index (χ4n) is 2.11. The summed E-state index contributed by atoms with van der Waals surface area (Å²) >= 11 is 4.22. The van der Waals surface area contributed by atoms with E-state index in [1.165, 1.54) is 38.5 Å². The van der Waals surface area contributed by atoms with Crippen LogP contribution in [0.2, 0.25) is 0 Å². The smallest absolute Gasteiger partial charge is 0.000670 e. The first kappa shape index (κ1) is 7.57. The second-order valence-corrected chi connectivity index (χ2v) is 5.98. The maximum absolute atomic E-state index is 2.11. The average Bonchev–Trinajstić information content (AvgIpc) is 2.64. The molecule has 12 heavy (non-hydrogen) atoms. The van der Waals surface area contributed by atoms with Crippen molar-refractivity contribution in [3.63, 3.8) is 0 Å². The standard InChI is InChI=1S/C10H12S2/c1-3-7-8(4-1)12-10-6-2-5-9(10)11-7/h1-6H2. The van der Waals surface area contributed by atoms with Crippen LogP contribution in [0, 0.1) is 0 Å². The number of hydrogen-bond donors (Lipinski definition) is 0. The van der Waals surface area contributed by atoms with Gasteiger partial charge in [0.1, 0.15) is 0 Å². The van der Waals surface area contributed by atoms with E-state index in [9.17, 15) is 0 Å². The van der Waals surface area contributed by atoms with Crippen molar-refractivity contribution >= 4 is 23.5 Å². The van der Waals surface area contributed by atoms with Crippen molar-refractivity contribution in [3.05, 3.63) is 19.6 Å². The minimum atomic E-state index is 1.36. The van der Waals surface area contributed by atoms with E-state index in [0.29, 0.717) is 0 Å². The number of thioether (sulfide) groups is 2. The van der Waals surface area contributed by atoms with E-state index < -0.39 is 0 Å². The molecule has 0 saturated carbocycles. The van der Waals surface area contributed by atoms with Crippen molar-refractivity contribution < 1.29 is 0 Å². The first-order valence-electron chi connectivity index (χ1n) is 4.73. The Bertz CT molecular complexity index is 232. The number of allylic oxidation sites excluding steroid dienone is 4. The molecule has 1 aliphatic heterocycles. The summed E-state index contributed by atoms with van der Waals surface area (Å²) in [6.45, 7) is 0.